The second-order valence-electron chi connectivity index (χ2n) is 4.85. The number of ether oxygens (including phenoxy) is 1. The Labute approximate surface area is 115 Å². The zero-order valence-corrected chi connectivity index (χ0v) is 12.6. The number of aliphatic hydroxyl groups is 1. The average molecular weight is 270 g/mol. The van der Waals surface area contributed by atoms with E-state index in [0.29, 0.717) is 24.7 Å². The maximum atomic E-state index is 9.85. The standard InChI is InChI=1S/C14H26N2O3/c1-6-11(17)10(5)12-15-13(16-19-12)14(7-2,8-3)18-9-4/h10-11,17H,6-9H2,1-5H3. The summed E-state index contributed by atoms with van der Waals surface area (Å²) in [6, 6.07) is 0. The molecule has 0 radical (unpaired) electrons. The molecule has 0 aliphatic rings. The van der Waals surface area contributed by atoms with Gasteiger partial charge in [-0.25, -0.2) is 0 Å². The summed E-state index contributed by atoms with van der Waals surface area (Å²) in [6.07, 6.45) is 1.79. The maximum absolute atomic E-state index is 9.85. The fourth-order valence-corrected chi connectivity index (χ4v) is 2.23. The predicted octanol–water partition coefficient (Wildman–Crippen LogP) is 3.00. The summed E-state index contributed by atoms with van der Waals surface area (Å²) in [6.45, 7) is 10.5. The van der Waals surface area contributed by atoms with E-state index in [1.54, 1.807) is 0 Å². The molecule has 0 fully saturated rings. The van der Waals surface area contributed by atoms with Crippen LogP contribution in [0.5, 0.6) is 0 Å². The van der Waals surface area contributed by atoms with E-state index < -0.39 is 11.7 Å². The molecule has 0 aliphatic carbocycles. The van der Waals surface area contributed by atoms with Gasteiger partial charge in [0.15, 0.2) is 0 Å². The fraction of sp³-hybridized carbons (Fsp3) is 0.857. The van der Waals surface area contributed by atoms with Crippen molar-refractivity contribution in [3.8, 4) is 0 Å². The number of aliphatic hydroxyl groups excluding tert-OH is 1. The minimum Gasteiger partial charge on any atom is -0.392 e. The van der Waals surface area contributed by atoms with Crippen molar-refractivity contribution in [2.75, 3.05) is 6.61 Å². The van der Waals surface area contributed by atoms with Crippen LogP contribution in [0.1, 0.15) is 71.5 Å². The Morgan fingerprint density at radius 1 is 1.26 bits per heavy atom. The van der Waals surface area contributed by atoms with Crippen molar-refractivity contribution in [2.45, 2.75) is 71.5 Å². The molecule has 0 bridgehead atoms. The Balaban J connectivity index is 2.99. The van der Waals surface area contributed by atoms with Crippen LogP contribution in [0.4, 0.5) is 0 Å². The molecule has 1 aromatic rings. The first-order valence-corrected chi connectivity index (χ1v) is 7.20. The van der Waals surface area contributed by atoms with E-state index in [1.807, 2.05) is 20.8 Å². The average Bonchev–Trinajstić information content (AvgIpc) is 2.93. The summed E-state index contributed by atoms with van der Waals surface area (Å²) < 4.78 is 11.2. The van der Waals surface area contributed by atoms with Crippen LogP contribution in [0, 0.1) is 0 Å². The molecule has 5 nitrogen and oxygen atoms in total. The second-order valence-corrected chi connectivity index (χ2v) is 4.85. The molecular formula is C14H26N2O3. The molecule has 19 heavy (non-hydrogen) atoms. The highest BCUT2D eigenvalue weighted by Crippen LogP contribution is 2.32. The van der Waals surface area contributed by atoms with Gasteiger partial charge in [-0.15, -0.1) is 0 Å². The van der Waals surface area contributed by atoms with Crippen LogP contribution < -0.4 is 0 Å². The summed E-state index contributed by atoms with van der Waals surface area (Å²) in [5, 5.41) is 13.9. The molecule has 0 aliphatic heterocycles. The Kier molecular flexibility index (Phi) is 5.94. The van der Waals surface area contributed by atoms with Crippen LogP contribution in [0.15, 0.2) is 4.52 Å². The minimum atomic E-state index is -0.479. The molecule has 110 valence electrons. The molecule has 2 atom stereocenters. The molecule has 0 saturated heterocycles. The van der Waals surface area contributed by atoms with E-state index in [4.69, 9.17) is 9.26 Å². The van der Waals surface area contributed by atoms with Crippen molar-refractivity contribution < 1.29 is 14.4 Å². The summed E-state index contributed by atoms with van der Waals surface area (Å²) >= 11 is 0. The van der Waals surface area contributed by atoms with Crippen LogP contribution in [0.25, 0.3) is 0 Å². The largest absolute Gasteiger partial charge is 0.392 e. The van der Waals surface area contributed by atoms with Crippen LogP contribution >= 0.6 is 0 Å². The zero-order chi connectivity index (χ0) is 14.5. The number of aromatic nitrogens is 2. The lowest BCUT2D eigenvalue weighted by Gasteiger charge is -2.27. The highest BCUT2D eigenvalue weighted by Gasteiger charge is 2.35. The summed E-state index contributed by atoms with van der Waals surface area (Å²) in [5.41, 5.74) is -0.479. The summed E-state index contributed by atoms with van der Waals surface area (Å²) in [7, 11) is 0. The third-order valence-electron chi connectivity index (χ3n) is 3.80. The molecule has 1 rings (SSSR count). The van der Waals surface area contributed by atoms with E-state index in [1.165, 1.54) is 0 Å². The van der Waals surface area contributed by atoms with Gasteiger partial charge in [0.2, 0.25) is 11.7 Å². The normalized spacial score (nSPS) is 15.5. The van der Waals surface area contributed by atoms with Crippen LogP contribution in [-0.2, 0) is 10.3 Å². The quantitative estimate of drug-likeness (QED) is 0.786. The highest BCUT2D eigenvalue weighted by atomic mass is 16.5. The smallest absolute Gasteiger partial charge is 0.232 e. The molecule has 1 heterocycles. The van der Waals surface area contributed by atoms with Gasteiger partial charge < -0.3 is 14.4 Å². The van der Waals surface area contributed by atoms with Gasteiger partial charge in [0, 0.05) is 6.61 Å². The predicted molar refractivity (Wildman–Crippen MR) is 72.9 cm³/mol. The zero-order valence-electron chi connectivity index (χ0n) is 12.6. The van der Waals surface area contributed by atoms with Crippen molar-refractivity contribution in [1.29, 1.82) is 0 Å². The molecule has 1 N–H and O–H groups in total. The van der Waals surface area contributed by atoms with Crippen LogP contribution in [-0.4, -0.2) is 28.0 Å². The molecule has 2 unspecified atom stereocenters. The lowest BCUT2D eigenvalue weighted by molar-refractivity contribution is -0.0583. The van der Waals surface area contributed by atoms with Gasteiger partial charge in [0.1, 0.15) is 5.60 Å². The van der Waals surface area contributed by atoms with Gasteiger partial charge in [-0.1, -0.05) is 32.9 Å². The molecule has 0 spiro atoms. The molecule has 0 amide bonds. The first-order valence-electron chi connectivity index (χ1n) is 7.20. The van der Waals surface area contributed by atoms with E-state index in [0.717, 1.165) is 12.8 Å². The highest BCUT2D eigenvalue weighted by molar-refractivity contribution is 5.04. The van der Waals surface area contributed by atoms with Crippen molar-refractivity contribution >= 4 is 0 Å². The van der Waals surface area contributed by atoms with Crippen LogP contribution in [0.3, 0.4) is 0 Å². The maximum Gasteiger partial charge on any atom is 0.232 e. The van der Waals surface area contributed by atoms with Gasteiger partial charge in [-0.3, -0.25) is 0 Å². The van der Waals surface area contributed by atoms with Crippen molar-refractivity contribution in [3.63, 3.8) is 0 Å². The molecular weight excluding hydrogens is 244 g/mol. The van der Waals surface area contributed by atoms with Crippen molar-refractivity contribution in [3.05, 3.63) is 11.7 Å². The Bertz CT molecular complexity index is 375. The summed E-state index contributed by atoms with van der Waals surface area (Å²) in [5.74, 6) is 0.916. The van der Waals surface area contributed by atoms with Gasteiger partial charge in [-0.05, 0) is 26.2 Å². The third-order valence-corrected chi connectivity index (χ3v) is 3.80. The fourth-order valence-electron chi connectivity index (χ4n) is 2.23. The lowest BCUT2D eigenvalue weighted by Crippen LogP contribution is -2.30. The van der Waals surface area contributed by atoms with Crippen molar-refractivity contribution in [1.82, 2.24) is 10.1 Å². The molecule has 0 saturated carbocycles. The lowest BCUT2D eigenvalue weighted by atomic mass is 9.96. The number of rotatable bonds is 8. The Hall–Kier alpha value is -0.940. The SMILES string of the molecule is CCOC(CC)(CC)c1noc(C(C)C(O)CC)n1. The molecule has 5 heteroatoms. The minimum absolute atomic E-state index is 0.153. The van der Waals surface area contributed by atoms with Gasteiger partial charge in [0.05, 0.1) is 12.0 Å². The third kappa shape index (κ3) is 3.34. The van der Waals surface area contributed by atoms with Crippen molar-refractivity contribution in [2.24, 2.45) is 0 Å². The van der Waals surface area contributed by atoms with Crippen LogP contribution in [0.2, 0.25) is 0 Å². The number of hydrogen-bond acceptors (Lipinski definition) is 5. The first kappa shape index (κ1) is 16.1. The molecule has 1 aromatic heterocycles. The van der Waals surface area contributed by atoms with E-state index in [9.17, 15) is 5.11 Å². The second kappa shape index (κ2) is 7.01. The Morgan fingerprint density at radius 3 is 2.37 bits per heavy atom. The Morgan fingerprint density at radius 2 is 1.89 bits per heavy atom. The first-order chi connectivity index (χ1) is 9.04. The van der Waals surface area contributed by atoms with Gasteiger partial charge in [0.25, 0.3) is 0 Å². The van der Waals surface area contributed by atoms with Gasteiger partial charge >= 0.3 is 0 Å². The summed E-state index contributed by atoms with van der Waals surface area (Å²) in [4.78, 5) is 4.45. The van der Waals surface area contributed by atoms with E-state index in [-0.39, 0.29) is 5.92 Å². The van der Waals surface area contributed by atoms with E-state index >= 15 is 0 Å². The van der Waals surface area contributed by atoms with E-state index in [2.05, 4.69) is 24.0 Å². The van der Waals surface area contributed by atoms with Gasteiger partial charge in [-0.2, -0.15) is 4.98 Å². The monoisotopic (exact) mass is 270 g/mol. The topological polar surface area (TPSA) is 68.4 Å². The number of hydrogen-bond donors (Lipinski definition) is 1. The molecule has 0 aromatic carbocycles. The number of nitrogens with zero attached hydrogens (tertiary/aromatic N) is 2.